The average Bonchev–Trinajstić information content (AvgIpc) is 3.19. The molecule has 0 saturated carbocycles. The monoisotopic (exact) mass is 380 g/mol. The number of pyridine rings is 1. The quantitative estimate of drug-likeness (QED) is 0.829. The largest absolute Gasteiger partial charge is 0.493 e. The number of methoxy groups -OCH3 is 2. The number of amides is 1. The van der Waals surface area contributed by atoms with E-state index in [2.05, 4.69) is 16.4 Å². The minimum Gasteiger partial charge on any atom is -0.493 e. The molecule has 1 aromatic heterocycles. The van der Waals surface area contributed by atoms with Crippen LogP contribution in [-0.2, 0) is 0 Å². The molecule has 1 aliphatic rings. The van der Waals surface area contributed by atoms with Crippen LogP contribution in [0, 0.1) is 18.3 Å². The van der Waals surface area contributed by atoms with Gasteiger partial charge in [0.1, 0.15) is 6.07 Å². The molecule has 0 spiro atoms. The van der Waals surface area contributed by atoms with Gasteiger partial charge in [0.05, 0.1) is 31.0 Å². The maximum absolute atomic E-state index is 13.2. The first-order valence-corrected chi connectivity index (χ1v) is 9.21. The van der Waals surface area contributed by atoms with E-state index in [0.717, 1.165) is 24.2 Å². The topological polar surface area (TPSA) is 87.5 Å². The van der Waals surface area contributed by atoms with Gasteiger partial charge in [-0.15, -0.1) is 0 Å². The molecule has 1 atom stereocenters. The number of carbonyl (C=O) groups excluding carboxylic acids is 1. The number of hydrogen-bond donors (Lipinski definition) is 1. The van der Waals surface area contributed by atoms with Gasteiger partial charge in [-0.25, -0.2) is 0 Å². The van der Waals surface area contributed by atoms with Gasteiger partial charge in [0, 0.05) is 31.0 Å². The Labute approximate surface area is 164 Å². The Balaban J connectivity index is 1.78. The third kappa shape index (κ3) is 3.86. The fourth-order valence-electron chi connectivity index (χ4n) is 3.55. The number of aromatic nitrogens is 1. The highest BCUT2D eigenvalue weighted by Crippen LogP contribution is 2.33. The number of anilines is 1. The van der Waals surface area contributed by atoms with Crippen LogP contribution in [0.4, 0.5) is 5.69 Å². The Morgan fingerprint density at radius 2 is 2.21 bits per heavy atom. The van der Waals surface area contributed by atoms with Gasteiger partial charge in [-0.2, -0.15) is 5.26 Å². The van der Waals surface area contributed by atoms with E-state index in [1.165, 1.54) is 7.11 Å². The van der Waals surface area contributed by atoms with Crippen LogP contribution in [0.3, 0.4) is 0 Å². The summed E-state index contributed by atoms with van der Waals surface area (Å²) in [4.78, 5) is 19.2. The molecule has 146 valence electrons. The number of para-hydroxylation sites is 1. The standard InChI is InChI=1S/C21H24N4O3/c1-14-10-18(15(11-22)12-23-14)24-13-16-6-5-9-25(16)21(26)17-7-4-8-19(27-2)20(17)28-3/h4,7-8,10,12,16H,5-6,9,13H2,1-3H3,(H,23,24)/t16-/m1/s1. The van der Waals surface area contributed by atoms with Gasteiger partial charge in [0.25, 0.3) is 5.91 Å². The second-order valence-corrected chi connectivity index (χ2v) is 6.70. The molecule has 0 bridgehead atoms. The number of nitrogens with zero attached hydrogens (tertiary/aromatic N) is 3. The number of nitrogens with one attached hydrogen (secondary N) is 1. The van der Waals surface area contributed by atoms with Crippen molar-refractivity contribution in [2.24, 2.45) is 0 Å². The Morgan fingerprint density at radius 3 is 2.93 bits per heavy atom. The van der Waals surface area contributed by atoms with E-state index in [1.807, 2.05) is 17.9 Å². The number of likely N-dealkylation sites (tertiary alicyclic amines) is 1. The molecular formula is C21H24N4O3. The fraction of sp³-hybridized carbons (Fsp3) is 0.381. The maximum atomic E-state index is 13.2. The lowest BCUT2D eigenvalue weighted by Crippen LogP contribution is -2.39. The zero-order valence-corrected chi connectivity index (χ0v) is 16.4. The Hall–Kier alpha value is -3.27. The van der Waals surface area contributed by atoms with Crippen LogP contribution >= 0.6 is 0 Å². The summed E-state index contributed by atoms with van der Waals surface area (Å²) >= 11 is 0. The molecule has 3 rings (SSSR count). The third-order valence-corrected chi connectivity index (χ3v) is 4.96. The summed E-state index contributed by atoms with van der Waals surface area (Å²) < 4.78 is 10.7. The summed E-state index contributed by atoms with van der Waals surface area (Å²) in [5, 5.41) is 12.6. The Bertz CT molecular complexity index is 907. The van der Waals surface area contributed by atoms with Crippen LogP contribution in [0.15, 0.2) is 30.5 Å². The number of nitriles is 1. The van der Waals surface area contributed by atoms with Gasteiger partial charge in [0.15, 0.2) is 11.5 Å². The first-order valence-electron chi connectivity index (χ1n) is 9.21. The molecule has 2 heterocycles. The molecule has 7 heteroatoms. The number of ether oxygens (including phenoxy) is 2. The minimum absolute atomic E-state index is 0.0309. The number of carbonyl (C=O) groups is 1. The van der Waals surface area contributed by atoms with E-state index in [1.54, 1.807) is 31.5 Å². The smallest absolute Gasteiger partial charge is 0.258 e. The highest BCUT2D eigenvalue weighted by atomic mass is 16.5. The van der Waals surface area contributed by atoms with Crippen molar-refractivity contribution in [1.29, 1.82) is 5.26 Å². The highest BCUT2D eigenvalue weighted by molar-refractivity contribution is 5.98. The fourth-order valence-corrected chi connectivity index (χ4v) is 3.55. The van der Waals surface area contributed by atoms with Gasteiger partial charge in [0.2, 0.25) is 0 Å². The molecule has 1 N–H and O–H groups in total. The molecule has 1 fully saturated rings. The second kappa shape index (κ2) is 8.61. The molecule has 28 heavy (non-hydrogen) atoms. The molecule has 1 saturated heterocycles. The summed E-state index contributed by atoms with van der Waals surface area (Å²) in [6.45, 7) is 3.13. The van der Waals surface area contributed by atoms with Crippen molar-refractivity contribution in [3.8, 4) is 17.6 Å². The predicted octanol–water partition coefficient (Wildman–Crippen LogP) is 3.00. The number of hydrogen-bond acceptors (Lipinski definition) is 6. The summed E-state index contributed by atoms with van der Waals surface area (Å²) in [6, 6.07) is 9.35. The zero-order chi connectivity index (χ0) is 20.1. The normalized spacial score (nSPS) is 15.8. The lowest BCUT2D eigenvalue weighted by Gasteiger charge is -2.26. The minimum atomic E-state index is -0.0773. The van der Waals surface area contributed by atoms with Gasteiger partial charge in [-0.3, -0.25) is 9.78 Å². The van der Waals surface area contributed by atoms with Crippen LogP contribution in [0.25, 0.3) is 0 Å². The maximum Gasteiger partial charge on any atom is 0.258 e. The molecule has 7 nitrogen and oxygen atoms in total. The number of aryl methyl sites for hydroxylation is 1. The summed E-state index contributed by atoms with van der Waals surface area (Å²) in [7, 11) is 3.09. The van der Waals surface area contributed by atoms with E-state index in [9.17, 15) is 10.1 Å². The van der Waals surface area contributed by atoms with E-state index in [-0.39, 0.29) is 11.9 Å². The first kappa shape index (κ1) is 19.5. The summed E-state index contributed by atoms with van der Waals surface area (Å²) in [5.74, 6) is 0.907. The lowest BCUT2D eigenvalue weighted by molar-refractivity contribution is 0.0739. The van der Waals surface area contributed by atoms with Crippen LogP contribution < -0.4 is 14.8 Å². The molecule has 1 aromatic carbocycles. The van der Waals surface area contributed by atoms with Crippen molar-refractivity contribution in [3.63, 3.8) is 0 Å². The average molecular weight is 380 g/mol. The van der Waals surface area contributed by atoms with E-state index in [0.29, 0.717) is 35.7 Å². The predicted molar refractivity (Wildman–Crippen MR) is 106 cm³/mol. The molecule has 1 amide bonds. The van der Waals surface area contributed by atoms with E-state index >= 15 is 0 Å². The van der Waals surface area contributed by atoms with Gasteiger partial charge >= 0.3 is 0 Å². The van der Waals surface area contributed by atoms with Crippen molar-refractivity contribution >= 4 is 11.6 Å². The Kier molecular flexibility index (Phi) is 5.99. The van der Waals surface area contributed by atoms with Crippen molar-refractivity contribution in [3.05, 3.63) is 47.3 Å². The van der Waals surface area contributed by atoms with Crippen molar-refractivity contribution in [2.45, 2.75) is 25.8 Å². The van der Waals surface area contributed by atoms with Crippen LogP contribution in [-0.4, -0.2) is 49.1 Å². The van der Waals surface area contributed by atoms with Crippen LogP contribution in [0.5, 0.6) is 11.5 Å². The van der Waals surface area contributed by atoms with Gasteiger partial charge in [-0.1, -0.05) is 6.07 Å². The molecular weight excluding hydrogens is 356 g/mol. The molecule has 2 aromatic rings. The van der Waals surface area contributed by atoms with Gasteiger partial charge in [-0.05, 0) is 38.0 Å². The van der Waals surface area contributed by atoms with Crippen LogP contribution in [0.2, 0.25) is 0 Å². The third-order valence-electron chi connectivity index (χ3n) is 4.96. The SMILES string of the molecule is COc1cccc(C(=O)N2CCC[C@@H]2CNc2cc(C)ncc2C#N)c1OC. The Morgan fingerprint density at radius 1 is 1.39 bits per heavy atom. The molecule has 0 radical (unpaired) electrons. The second-order valence-electron chi connectivity index (χ2n) is 6.70. The number of benzene rings is 1. The van der Waals surface area contributed by atoms with E-state index < -0.39 is 0 Å². The molecule has 0 unspecified atom stereocenters. The molecule has 0 aliphatic carbocycles. The van der Waals surface area contributed by atoms with Crippen LogP contribution in [0.1, 0.15) is 34.5 Å². The van der Waals surface area contributed by atoms with Gasteiger partial charge < -0.3 is 19.7 Å². The van der Waals surface area contributed by atoms with E-state index in [4.69, 9.17) is 9.47 Å². The molecule has 1 aliphatic heterocycles. The first-order chi connectivity index (χ1) is 13.6. The van der Waals surface area contributed by atoms with Crippen molar-refractivity contribution in [1.82, 2.24) is 9.88 Å². The summed E-state index contributed by atoms with van der Waals surface area (Å²) in [5.41, 5.74) is 2.57. The highest BCUT2D eigenvalue weighted by Gasteiger charge is 2.31. The summed E-state index contributed by atoms with van der Waals surface area (Å²) in [6.07, 6.45) is 3.40. The number of rotatable bonds is 6. The van der Waals surface area contributed by atoms with Crippen molar-refractivity contribution in [2.75, 3.05) is 32.6 Å². The zero-order valence-electron chi connectivity index (χ0n) is 16.4. The van der Waals surface area contributed by atoms with Crippen molar-refractivity contribution < 1.29 is 14.3 Å². The lowest BCUT2D eigenvalue weighted by atomic mass is 10.1.